The number of benzene rings is 3. The minimum Gasteiger partial charge on any atom is -0.484 e. The van der Waals surface area contributed by atoms with E-state index in [4.69, 9.17) is 4.74 Å². The summed E-state index contributed by atoms with van der Waals surface area (Å²) in [5, 5.41) is 15.4. The first-order valence-corrected chi connectivity index (χ1v) is 11.0. The Bertz CT molecular complexity index is 1260. The minimum atomic E-state index is -0.445. The molecule has 10 heteroatoms. The van der Waals surface area contributed by atoms with Gasteiger partial charge in [-0.15, -0.1) is 11.3 Å². The highest BCUT2D eigenvalue weighted by Crippen LogP contribution is 2.38. The Kier molecular flexibility index (Phi) is 6.73. The summed E-state index contributed by atoms with van der Waals surface area (Å²) in [5.41, 5.74) is 3.62. The Hall–Kier alpha value is -3.76. The number of carbonyl (C=O) groups excluding carboxylic acids is 1. The van der Waals surface area contributed by atoms with E-state index in [0.29, 0.717) is 16.2 Å². The number of hydrogen-bond donors (Lipinski definition) is 1. The van der Waals surface area contributed by atoms with E-state index >= 15 is 0 Å². The van der Waals surface area contributed by atoms with E-state index in [9.17, 15) is 14.9 Å². The molecular formula is C22H16N4O4S2. The molecule has 160 valence electrons. The lowest BCUT2D eigenvalue weighted by Gasteiger charge is -2.04. The number of nitro groups is 1. The summed E-state index contributed by atoms with van der Waals surface area (Å²) < 4.78 is 7.08. The summed E-state index contributed by atoms with van der Waals surface area (Å²) in [6.45, 7) is -0.195. The molecule has 32 heavy (non-hydrogen) atoms. The van der Waals surface area contributed by atoms with E-state index in [0.717, 1.165) is 14.6 Å². The molecule has 1 aromatic heterocycles. The maximum atomic E-state index is 11.8. The zero-order chi connectivity index (χ0) is 22.3. The zero-order valence-electron chi connectivity index (χ0n) is 16.5. The monoisotopic (exact) mass is 464 g/mol. The number of hydrazone groups is 1. The predicted octanol–water partition coefficient (Wildman–Crippen LogP) is 4.88. The van der Waals surface area contributed by atoms with Crippen molar-refractivity contribution in [2.45, 2.75) is 9.24 Å². The van der Waals surface area contributed by atoms with Crippen LogP contribution in [0.4, 0.5) is 5.69 Å². The van der Waals surface area contributed by atoms with Gasteiger partial charge in [-0.05, 0) is 30.3 Å². The molecule has 0 saturated carbocycles. The third-order valence-corrected chi connectivity index (χ3v) is 6.33. The summed E-state index contributed by atoms with van der Waals surface area (Å²) in [6.07, 6.45) is 1.35. The second-order valence-electron chi connectivity index (χ2n) is 6.43. The highest BCUT2D eigenvalue weighted by atomic mass is 32.2. The van der Waals surface area contributed by atoms with Crippen LogP contribution in [0.15, 0.2) is 87.1 Å². The van der Waals surface area contributed by atoms with Crippen molar-refractivity contribution in [1.29, 1.82) is 0 Å². The van der Waals surface area contributed by atoms with Gasteiger partial charge in [0.2, 0.25) is 0 Å². The number of carbonyl (C=O) groups is 1. The van der Waals surface area contributed by atoms with Crippen LogP contribution in [0.3, 0.4) is 0 Å². The lowest BCUT2D eigenvalue weighted by Crippen LogP contribution is -2.24. The summed E-state index contributed by atoms with van der Waals surface area (Å²) >= 11 is 2.73. The molecule has 0 aliphatic rings. The maximum absolute atomic E-state index is 11.8. The molecule has 0 bridgehead atoms. The van der Waals surface area contributed by atoms with Crippen molar-refractivity contribution in [3.05, 3.63) is 88.5 Å². The highest BCUT2D eigenvalue weighted by molar-refractivity contribution is 8.01. The van der Waals surface area contributed by atoms with E-state index in [1.807, 2.05) is 30.3 Å². The summed E-state index contributed by atoms with van der Waals surface area (Å²) in [7, 11) is 0. The molecule has 4 aromatic rings. The van der Waals surface area contributed by atoms with Gasteiger partial charge in [0.05, 0.1) is 26.3 Å². The van der Waals surface area contributed by atoms with Gasteiger partial charge in [0.25, 0.3) is 11.6 Å². The number of para-hydroxylation sites is 2. The van der Waals surface area contributed by atoms with Crippen LogP contribution >= 0.6 is 23.1 Å². The molecule has 1 N–H and O–H groups in total. The number of ether oxygens (including phenoxy) is 1. The normalized spacial score (nSPS) is 11.0. The predicted molar refractivity (Wildman–Crippen MR) is 125 cm³/mol. The molecule has 0 aliphatic carbocycles. The van der Waals surface area contributed by atoms with Gasteiger partial charge in [-0.1, -0.05) is 48.2 Å². The van der Waals surface area contributed by atoms with Crippen LogP contribution in [-0.2, 0) is 4.79 Å². The smallest absolute Gasteiger partial charge is 0.283 e. The zero-order valence-corrected chi connectivity index (χ0v) is 18.1. The molecule has 0 atom stereocenters. The summed E-state index contributed by atoms with van der Waals surface area (Å²) in [6, 6.07) is 21.4. The Labute approximate surface area is 191 Å². The molecule has 0 saturated heterocycles. The number of nitro benzene ring substituents is 1. The van der Waals surface area contributed by atoms with Gasteiger partial charge in [0.15, 0.2) is 10.9 Å². The second kappa shape index (κ2) is 10.0. The van der Waals surface area contributed by atoms with Gasteiger partial charge >= 0.3 is 0 Å². The van der Waals surface area contributed by atoms with Crippen molar-refractivity contribution < 1.29 is 14.5 Å². The number of nitrogens with one attached hydrogen (secondary N) is 1. The van der Waals surface area contributed by atoms with Crippen LogP contribution in [0.2, 0.25) is 0 Å². The summed E-state index contributed by atoms with van der Waals surface area (Å²) in [5.74, 6) is 0.131. The average Bonchev–Trinajstić information content (AvgIpc) is 3.21. The Morgan fingerprint density at radius 2 is 1.94 bits per heavy atom. The quantitative estimate of drug-likeness (QED) is 0.226. The first-order chi connectivity index (χ1) is 15.6. The van der Waals surface area contributed by atoms with Gasteiger partial charge in [-0.2, -0.15) is 5.10 Å². The minimum absolute atomic E-state index is 0.0584. The SMILES string of the molecule is O=C(COc1ccccc1)N/N=C/c1ccc(Sc2nc3ccccc3s2)c([N+](=O)[O-])c1. The average molecular weight is 465 g/mol. The fraction of sp³-hybridized carbons (Fsp3) is 0.0455. The van der Waals surface area contributed by atoms with Crippen LogP contribution < -0.4 is 10.2 Å². The largest absolute Gasteiger partial charge is 0.484 e. The molecule has 0 fully saturated rings. The van der Waals surface area contributed by atoms with E-state index in [1.54, 1.807) is 36.4 Å². The molecular weight excluding hydrogens is 448 g/mol. The van der Waals surface area contributed by atoms with Crippen LogP contribution in [0, 0.1) is 10.1 Å². The van der Waals surface area contributed by atoms with Gasteiger partial charge < -0.3 is 4.74 Å². The third-order valence-electron chi connectivity index (χ3n) is 4.17. The second-order valence-corrected chi connectivity index (χ2v) is 8.75. The number of rotatable bonds is 8. The van der Waals surface area contributed by atoms with E-state index in [1.165, 1.54) is 35.4 Å². The van der Waals surface area contributed by atoms with Crippen molar-refractivity contribution >= 4 is 51.1 Å². The molecule has 0 spiro atoms. The lowest BCUT2D eigenvalue weighted by atomic mass is 10.2. The third kappa shape index (κ3) is 5.48. The summed E-state index contributed by atoms with van der Waals surface area (Å²) in [4.78, 5) is 28.0. The lowest BCUT2D eigenvalue weighted by molar-refractivity contribution is -0.387. The molecule has 1 amide bonds. The van der Waals surface area contributed by atoms with Gasteiger partial charge in [-0.25, -0.2) is 10.4 Å². The number of hydrogen-bond acceptors (Lipinski definition) is 8. The number of fused-ring (bicyclic) bond motifs is 1. The molecule has 4 rings (SSSR count). The number of thiazole rings is 1. The maximum Gasteiger partial charge on any atom is 0.283 e. The van der Waals surface area contributed by atoms with Crippen molar-refractivity contribution in [2.24, 2.45) is 5.10 Å². The Morgan fingerprint density at radius 1 is 1.16 bits per heavy atom. The number of aromatic nitrogens is 1. The van der Waals surface area contributed by atoms with Crippen molar-refractivity contribution in [1.82, 2.24) is 10.4 Å². The number of amides is 1. The molecule has 0 radical (unpaired) electrons. The van der Waals surface area contributed by atoms with Gasteiger partial charge in [0, 0.05) is 11.6 Å². The van der Waals surface area contributed by atoms with Crippen LogP contribution in [0.5, 0.6) is 5.75 Å². The van der Waals surface area contributed by atoms with Crippen LogP contribution in [0.25, 0.3) is 10.2 Å². The molecule has 8 nitrogen and oxygen atoms in total. The standard InChI is InChI=1S/C22H16N4O4S2/c27-21(14-30-16-6-2-1-3-7-16)25-23-13-15-10-11-20(18(12-15)26(28)29)32-22-24-17-8-4-5-9-19(17)31-22/h1-13H,14H2,(H,25,27)/b23-13+. The molecule has 1 heterocycles. The highest BCUT2D eigenvalue weighted by Gasteiger charge is 2.17. The molecule has 3 aromatic carbocycles. The van der Waals surface area contributed by atoms with Crippen molar-refractivity contribution in [3.8, 4) is 5.75 Å². The van der Waals surface area contributed by atoms with Crippen molar-refractivity contribution in [2.75, 3.05) is 6.61 Å². The van der Waals surface area contributed by atoms with Crippen LogP contribution in [-0.4, -0.2) is 28.6 Å². The Balaban J connectivity index is 1.40. The first kappa shape index (κ1) is 21.5. The van der Waals surface area contributed by atoms with Crippen molar-refractivity contribution in [3.63, 3.8) is 0 Å². The van der Waals surface area contributed by atoms with Gasteiger partial charge in [-0.3, -0.25) is 14.9 Å². The molecule has 0 aliphatic heterocycles. The fourth-order valence-electron chi connectivity index (χ4n) is 2.71. The van der Waals surface area contributed by atoms with Gasteiger partial charge in [0.1, 0.15) is 5.75 Å². The van der Waals surface area contributed by atoms with E-state index in [2.05, 4.69) is 15.5 Å². The van der Waals surface area contributed by atoms with E-state index < -0.39 is 10.8 Å². The molecule has 0 unspecified atom stereocenters. The van der Waals surface area contributed by atoms with Crippen LogP contribution in [0.1, 0.15) is 5.56 Å². The fourth-order valence-corrected chi connectivity index (χ4v) is 4.82. The van der Waals surface area contributed by atoms with E-state index in [-0.39, 0.29) is 12.3 Å². The first-order valence-electron chi connectivity index (χ1n) is 9.40. The topological polar surface area (TPSA) is 107 Å². The number of nitrogens with zero attached hydrogens (tertiary/aromatic N) is 3. The Morgan fingerprint density at radius 3 is 2.72 bits per heavy atom.